The summed E-state index contributed by atoms with van der Waals surface area (Å²) in [6.45, 7) is 11.3. The van der Waals surface area contributed by atoms with E-state index < -0.39 is 6.04 Å². The molecule has 0 aliphatic carbocycles. The zero-order valence-electron chi connectivity index (χ0n) is 16.6. The highest BCUT2D eigenvalue weighted by atomic mass is 16.2. The second-order valence-corrected chi connectivity index (χ2v) is 7.80. The van der Waals surface area contributed by atoms with E-state index in [1.165, 1.54) is 0 Å². The lowest BCUT2D eigenvalue weighted by Gasteiger charge is -2.36. The Labute approximate surface area is 148 Å². The van der Waals surface area contributed by atoms with E-state index in [1.54, 1.807) is 4.90 Å². The molecule has 140 valence electrons. The van der Waals surface area contributed by atoms with Gasteiger partial charge in [-0.2, -0.15) is 0 Å². The zero-order chi connectivity index (χ0) is 18.4. The Morgan fingerprint density at radius 3 is 2.33 bits per heavy atom. The summed E-state index contributed by atoms with van der Waals surface area (Å²) in [6.07, 6.45) is 3.96. The van der Waals surface area contributed by atoms with Gasteiger partial charge in [0.15, 0.2) is 0 Å². The quantitative estimate of drug-likeness (QED) is 0.775. The number of rotatable bonds is 7. The van der Waals surface area contributed by atoms with E-state index in [0.29, 0.717) is 5.92 Å². The summed E-state index contributed by atoms with van der Waals surface area (Å²) in [7, 11) is 3.84. The fraction of sp³-hybridized carbons (Fsp3) is 0.895. The molecule has 0 aromatic heterocycles. The topological polar surface area (TPSA) is 52.7 Å². The number of amides is 2. The van der Waals surface area contributed by atoms with Gasteiger partial charge in [-0.25, -0.2) is 0 Å². The lowest BCUT2D eigenvalue weighted by atomic mass is 9.95. The first-order valence-corrected chi connectivity index (χ1v) is 9.47. The first-order valence-electron chi connectivity index (χ1n) is 9.47. The molecule has 0 spiro atoms. The van der Waals surface area contributed by atoms with Crippen LogP contribution in [0, 0.1) is 11.8 Å². The van der Waals surface area contributed by atoms with Crippen LogP contribution in [-0.4, -0.2) is 60.4 Å². The van der Waals surface area contributed by atoms with Crippen LogP contribution in [0.4, 0.5) is 0 Å². The van der Waals surface area contributed by atoms with Crippen molar-refractivity contribution in [1.29, 1.82) is 0 Å². The standard InChI is InChI=1S/C19H37N3O2/c1-8-14(4)17(19(24)22(7)15(5)13(2)3)20-18(23)16-11-9-10-12-21(16)6/h13-17H,8-12H2,1-7H3,(H,20,23). The first kappa shape index (κ1) is 20.9. The van der Waals surface area contributed by atoms with E-state index in [-0.39, 0.29) is 29.8 Å². The molecular weight excluding hydrogens is 302 g/mol. The number of hydrogen-bond acceptors (Lipinski definition) is 3. The van der Waals surface area contributed by atoms with Crippen LogP contribution in [0.5, 0.6) is 0 Å². The summed E-state index contributed by atoms with van der Waals surface area (Å²) >= 11 is 0. The van der Waals surface area contributed by atoms with Gasteiger partial charge < -0.3 is 10.2 Å². The van der Waals surface area contributed by atoms with Crippen molar-refractivity contribution in [1.82, 2.24) is 15.1 Å². The highest BCUT2D eigenvalue weighted by Crippen LogP contribution is 2.18. The molecule has 4 unspecified atom stereocenters. The van der Waals surface area contributed by atoms with Gasteiger partial charge in [0.05, 0.1) is 6.04 Å². The minimum Gasteiger partial charge on any atom is -0.343 e. The summed E-state index contributed by atoms with van der Waals surface area (Å²) in [6, 6.07) is -0.395. The fourth-order valence-corrected chi connectivity index (χ4v) is 3.21. The predicted molar refractivity (Wildman–Crippen MR) is 98.7 cm³/mol. The maximum absolute atomic E-state index is 13.0. The molecule has 4 atom stereocenters. The van der Waals surface area contributed by atoms with Crippen LogP contribution >= 0.6 is 0 Å². The molecule has 1 rings (SSSR count). The molecule has 5 heteroatoms. The minimum absolute atomic E-state index is 0.00134. The smallest absolute Gasteiger partial charge is 0.245 e. The second-order valence-electron chi connectivity index (χ2n) is 7.80. The molecule has 1 aliphatic heterocycles. The van der Waals surface area contributed by atoms with Crippen LogP contribution < -0.4 is 5.32 Å². The highest BCUT2D eigenvalue weighted by molar-refractivity contribution is 5.90. The number of nitrogens with one attached hydrogen (secondary N) is 1. The number of nitrogens with zero attached hydrogens (tertiary/aromatic N) is 2. The molecule has 0 aromatic carbocycles. The molecule has 1 fully saturated rings. The van der Waals surface area contributed by atoms with Gasteiger partial charge in [0.1, 0.15) is 6.04 Å². The third-order valence-electron chi connectivity index (χ3n) is 5.77. The van der Waals surface area contributed by atoms with Gasteiger partial charge in [0.25, 0.3) is 0 Å². The van der Waals surface area contributed by atoms with Crippen LogP contribution in [-0.2, 0) is 9.59 Å². The molecule has 1 aliphatic rings. The van der Waals surface area contributed by atoms with Crippen molar-refractivity contribution < 1.29 is 9.59 Å². The second kappa shape index (κ2) is 9.40. The van der Waals surface area contributed by atoms with Crippen LogP contribution in [0.25, 0.3) is 0 Å². The van der Waals surface area contributed by atoms with Crippen LogP contribution in [0.15, 0.2) is 0 Å². The van der Waals surface area contributed by atoms with Crippen LogP contribution in [0.2, 0.25) is 0 Å². The number of carbonyl (C=O) groups excluding carboxylic acids is 2. The van der Waals surface area contributed by atoms with Gasteiger partial charge in [-0.15, -0.1) is 0 Å². The third-order valence-corrected chi connectivity index (χ3v) is 5.77. The molecule has 1 heterocycles. The van der Waals surface area contributed by atoms with Crippen molar-refractivity contribution in [2.24, 2.45) is 11.8 Å². The van der Waals surface area contributed by atoms with Gasteiger partial charge in [0.2, 0.25) is 11.8 Å². The SMILES string of the molecule is CCC(C)C(NC(=O)C1CCCCN1C)C(=O)N(C)C(C)C(C)C. The van der Waals surface area contributed by atoms with Crippen LogP contribution in [0.1, 0.15) is 60.3 Å². The van der Waals surface area contributed by atoms with E-state index in [9.17, 15) is 9.59 Å². The Morgan fingerprint density at radius 1 is 1.21 bits per heavy atom. The normalized spacial score (nSPS) is 22.8. The summed E-state index contributed by atoms with van der Waals surface area (Å²) in [5, 5.41) is 3.07. The van der Waals surface area contributed by atoms with E-state index in [1.807, 2.05) is 21.0 Å². The van der Waals surface area contributed by atoms with E-state index in [2.05, 4.69) is 37.9 Å². The van der Waals surface area contributed by atoms with Gasteiger partial charge in [-0.1, -0.05) is 40.5 Å². The molecule has 0 aromatic rings. The van der Waals surface area contributed by atoms with Crippen molar-refractivity contribution >= 4 is 11.8 Å². The van der Waals surface area contributed by atoms with Crippen LogP contribution in [0.3, 0.4) is 0 Å². The number of likely N-dealkylation sites (N-methyl/N-ethyl adjacent to an activating group) is 2. The molecule has 24 heavy (non-hydrogen) atoms. The third kappa shape index (κ3) is 5.20. The average molecular weight is 340 g/mol. The first-order chi connectivity index (χ1) is 11.2. The number of piperidine rings is 1. The van der Waals surface area contributed by atoms with Gasteiger partial charge >= 0.3 is 0 Å². The van der Waals surface area contributed by atoms with Gasteiger partial charge in [-0.3, -0.25) is 14.5 Å². The summed E-state index contributed by atoms with van der Waals surface area (Å²) < 4.78 is 0. The van der Waals surface area contributed by atoms with E-state index in [0.717, 1.165) is 32.2 Å². The molecule has 1 N–H and O–H groups in total. The van der Waals surface area contributed by atoms with Crippen molar-refractivity contribution in [3.8, 4) is 0 Å². The maximum Gasteiger partial charge on any atom is 0.245 e. The zero-order valence-corrected chi connectivity index (χ0v) is 16.6. The Bertz CT molecular complexity index is 425. The molecule has 1 saturated heterocycles. The monoisotopic (exact) mass is 339 g/mol. The Balaban J connectivity index is 2.85. The van der Waals surface area contributed by atoms with Gasteiger partial charge in [0, 0.05) is 13.1 Å². The molecule has 5 nitrogen and oxygen atoms in total. The predicted octanol–water partition coefficient (Wildman–Crippen LogP) is 2.50. The summed E-state index contributed by atoms with van der Waals surface area (Å²) in [4.78, 5) is 29.6. The van der Waals surface area contributed by atoms with Crippen molar-refractivity contribution in [3.05, 3.63) is 0 Å². The lowest BCUT2D eigenvalue weighted by Crippen LogP contribution is -2.57. The summed E-state index contributed by atoms with van der Waals surface area (Å²) in [5.41, 5.74) is 0. The number of carbonyl (C=O) groups is 2. The highest BCUT2D eigenvalue weighted by Gasteiger charge is 2.34. The number of likely N-dealkylation sites (tertiary alicyclic amines) is 1. The summed E-state index contributed by atoms with van der Waals surface area (Å²) in [5.74, 6) is 0.535. The van der Waals surface area contributed by atoms with E-state index in [4.69, 9.17) is 0 Å². The lowest BCUT2D eigenvalue weighted by molar-refractivity contribution is -0.140. The average Bonchev–Trinajstić information content (AvgIpc) is 2.57. The largest absolute Gasteiger partial charge is 0.343 e. The van der Waals surface area contributed by atoms with E-state index >= 15 is 0 Å². The maximum atomic E-state index is 13.0. The number of hydrogen-bond donors (Lipinski definition) is 1. The molecule has 0 saturated carbocycles. The fourth-order valence-electron chi connectivity index (χ4n) is 3.21. The Morgan fingerprint density at radius 2 is 1.83 bits per heavy atom. The Kier molecular flexibility index (Phi) is 8.20. The molecule has 0 bridgehead atoms. The van der Waals surface area contributed by atoms with Gasteiger partial charge in [-0.05, 0) is 45.2 Å². The molecule has 0 radical (unpaired) electrons. The molecular formula is C19H37N3O2. The minimum atomic E-state index is -0.441. The van der Waals surface area contributed by atoms with Crippen molar-refractivity contribution in [2.75, 3.05) is 20.6 Å². The van der Waals surface area contributed by atoms with Crippen molar-refractivity contribution in [3.63, 3.8) is 0 Å². The van der Waals surface area contributed by atoms with Crippen molar-refractivity contribution in [2.45, 2.75) is 78.4 Å². The Hall–Kier alpha value is -1.10. The molecule has 2 amide bonds.